The zero-order chi connectivity index (χ0) is 43.4. The van der Waals surface area contributed by atoms with Gasteiger partial charge in [0.1, 0.15) is 24.8 Å². The smallest absolute Gasteiger partial charge is 0.306 e. The number of rotatable bonds is 41. The highest BCUT2D eigenvalue weighted by Gasteiger charge is 2.30. The number of ketones is 4. The molecule has 340 valence electrons. The van der Waals surface area contributed by atoms with Gasteiger partial charge in [0.2, 0.25) is 11.8 Å². The lowest BCUT2D eigenvalue weighted by Gasteiger charge is -2.28. The number of carbonyl (C=O) groups is 7. The molecule has 1 aliphatic carbocycles. The molecule has 0 unspecified atom stereocenters. The van der Waals surface area contributed by atoms with Crippen LogP contribution in [0.5, 0.6) is 0 Å². The fourth-order valence-corrected chi connectivity index (χ4v) is 7.13. The van der Waals surface area contributed by atoms with Crippen LogP contribution in [0, 0.1) is 17.8 Å². The predicted octanol–water partition coefficient (Wildman–Crippen LogP) is 6.52. The van der Waals surface area contributed by atoms with Gasteiger partial charge in [-0.1, -0.05) is 64.2 Å². The van der Waals surface area contributed by atoms with E-state index < -0.39 is 11.9 Å². The quantitative estimate of drug-likeness (QED) is 0.0564. The number of ether oxygens (including phenoxy) is 4. The summed E-state index contributed by atoms with van der Waals surface area (Å²) in [6, 6.07) is 0. The van der Waals surface area contributed by atoms with Crippen LogP contribution in [-0.4, -0.2) is 112 Å². The van der Waals surface area contributed by atoms with Crippen LogP contribution in [0.4, 0.5) is 0 Å². The molecule has 1 atom stereocenters. The molecule has 0 aromatic heterocycles. The van der Waals surface area contributed by atoms with Gasteiger partial charge in [0.25, 0.3) is 0 Å². The lowest BCUT2D eigenvalue weighted by atomic mass is 9.78. The number of nitrogens with one attached hydrogen (secondary N) is 2. The van der Waals surface area contributed by atoms with Gasteiger partial charge in [-0.25, -0.2) is 0 Å². The zero-order valence-electron chi connectivity index (χ0n) is 36.5. The summed E-state index contributed by atoms with van der Waals surface area (Å²) in [7, 11) is 0. The number of amides is 2. The van der Waals surface area contributed by atoms with E-state index in [1.807, 2.05) is 0 Å². The number of Topliss-reactive ketones (excluding diaryl/α,β-unsaturated/α-hetero) is 4. The highest BCUT2D eigenvalue weighted by Crippen LogP contribution is 2.31. The summed E-state index contributed by atoms with van der Waals surface area (Å²) in [5, 5.41) is 15.5. The standard InChI is InChI=1S/C45H78N2O12/c1-36(48)16-13-11-9-7-5-3-4-6-8-10-12-14-18-43(52)47-33-38-19-21-39(22-20-38)42(51)32-40(45(54)55)23-24-44(53)46-25-27-57-29-31-59-35-41(50)17-15-26-56-28-30-58-34-37(2)49/h38-40H,3-35H2,1-2H3,(H,46,53)(H,47,52)(H,54,55)/t38?,39?,40-/m1/s1. The Morgan fingerprint density at radius 2 is 1.07 bits per heavy atom. The molecule has 0 heterocycles. The predicted molar refractivity (Wildman–Crippen MR) is 225 cm³/mol. The van der Waals surface area contributed by atoms with Crippen LogP contribution in [0.1, 0.15) is 162 Å². The van der Waals surface area contributed by atoms with Crippen molar-refractivity contribution in [3.63, 3.8) is 0 Å². The molecule has 0 spiro atoms. The summed E-state index contributed by atoms with van der Waals surface area (Å²) < 4.78 is 21.2. The average molecular weight is 839 g/mol. The van der Waals surface area contributed by atoms with Gasteiger partial charge < -0.3 is 39.5 Å². The van der Waals surface area contributed by atoms with Crippen molar-refractivity contribution in [3.05, 3.63) is 0 Å². The van der Waals surface area contributed by atoms with Gasteiger partial charge in [0.05, 0.1) is 39.0 Å². The van der Waals surface area contributed by atoms with E-state index in [4.69, 9.17) is 18.9 Å². The van der Waals surface area contributed by atoms with Gasteiger partial charge in [-0.3, -0.25) is 28.8 Å². The Bertz CT molecular complexity index is 1190. The number of carboxylic acid groups (broad SMARTS) is 1. The number of unbranched alkanes of at least 4 members (excludes halogenated alkanes) is 11. The minimum absolute atomic E-state index is 0.00729. The molecule has 0 radical (unpaired) electrons. The largest absolute Gasteiger partial charge is 0.481 e. The first-order valence-electron chi connectivity index (χ1n) is 22.6. The maximum absolute atomic E-state index is 13.0. The molecule has 1 fully saturated rings. The summed E-state index contributed by atoms with van der Waals surface area (Å²) in [4.78, 5) is 83.3. The topological polar surface area (TPSA) is 201 Å². The molecule has 0 aromatic rings. The second-order valence-corrected chi connectivity index (χ2v) is 16.2. The third-order valence-corrected chi connectivity index (χ3v) is 10.7. The zero-order valence-corrected chi connectivity index (χ0v) is 36.5. The molecule has 0 aliphatic heterocycles. The molecule has 1 aliphatic rings. The minimum Gasteiger partial charge on any atom is -0.481 e. The maximum atomic E-state index is 13.0. The Morgan fingerprint density at radius 3 is 1.64 bits per heavy atom. The van der Waals surface area contributed by atoms with E-state index in [0.717, 1.165) is 51.4 Å². The van der Waals surface area contributed by atoms with E-state index in [2.05, 4.69) is 10.6 Å². The SMILES string of the molecule is CC(=O)CCCCCCCCCCCCCCC(=O)NCC1CCC(C(=O)C[C@@H](CCC(=O)NCCOCCOCC(=O)CCCOCCOCC(C)=O)C(=O)O)CC1. The lowest BCUT2D eigenvalue weighted by molar-refractivity contribution is -0.145. The highest BCUT2D eigenvalue weighted by atomic mass is 16.5. The molecule has 1 saturated carbocycles. The maximum Gasteiger partial charge on any atom is 0.306 e. The van der Waals surface area contributed by atoms with Gasteiger partial charge in [-0.05, 0) is 71.1 Å². The number of hydrogen-bond donors (Lipinski definition) is 3. The number of hydrogen-bond acceptors (Lipinski definition) is 11. The van der Waals surface area contributed by atoms with Gasteiger partial charge in [-0.2, -0.15) is 0 Å². The first-order chi connectivity index (χ1) is 28.5. The molecule has 3 N–H and O–H groups in total. The number of carboxylic acids is 1. The van der Waals surface area contributed by atoms with E-state index in [1.165, 1.54) is 51.9 Å². The van der Waals surface area contributed by atoms with Crippen molar-refractivity contribution in [2.45, 2.75) is 162 Å². The Hall–Kier alpha value is -3.07. The van der Waals surface area contributed by atoms with Crippen LogP contribution in [0.3, 0.4) is 0 Å². The summed E-state index contributed by atoms with van der Waals surface area (Å²) in [6.07, 6.45) is 19.3. The summed E-state index contributed by atoms with van der Waals surface area (Å²) in [6.45, 7) is 5.84. The second-order valence-electron chi connectivity index (χ2n) is 16.2. The fourth-order valence-electron chi connectivity index (χ4n) is 7.13. The van der Waals surface area contributed by atoms with Crippen molar-refractivity contribution < 1.29 is 57.6 Å². The monoisotopic (exact) mass is 839 g/mol. The molecule has 1 rings (SSSR count). The first kappa shape index (κ1) is 53.9. The minimum atomic E-state index is -1.08. The average Bonchev–Trinajstić information content (AvgIpc) is 3.20. The molecule has 2 amide bonds. The van der Waals surface area contributed by atoms with Crippen LogP contribution in [0.15, 0.2) is 0 Å². The Kier molecular flexibility index (Phi) is 33.6. The fraction of sp³-hybridized carbons (Fsp3) is 0.844. The normalized spacial score (nSPS) is 15.7. The van der Waals surface area contributed by atoms with E-state index in [1.54, 1.807) is 6.92 Å². The third kappa shape index (κ3) is 33.3. The van der Waals surface area contributed by atoms with Crippen LogP contribution in [0.25, 0.3) is 0 Å². The van der Waals surface area contributed by atoms with Gasteiger partial charge in [-0.15, -0.1) is 0 Å². The van der Waals surface area contributed by atoms with Crippen molar-refractivity contribution in [3.8, 4) is 0 Å². The van der Waals surface area contributed by atoms with Crippen LogP contribution < -0.4 is 10.6 Å². The lowest BCUT2D eigenvalue weighted by Crippen LogP contribution is -2.33. The summed E-state index contributed by atoms with van der Waals surface area (Å²) in [5.74, 6) is -1.94. The molecule has 14 nitrogen and oxygen atoms in total. The van der Waals surface area contributed by atoms with Crippen LogP contribution in [-0.2, 0) is 52.5 Å². The Morgan fingerprint density at radius 1 is 0.542 bits per heavy atom. The van der Waals surface area contributed by atoms with Crippen molar-refractivity contribution in [2.24, 2.45) is 17.8 Å². The summed E-state index contributed by atoms with van der Waals surface area (Å²) in [5.41, 5.74) is 0. The molecule has 14 heteroatoms. The molecule has 59 heavy (non-hydrogen) atoms. The highest BCUT2D eigenvalue weighted by molar-refractivity contribution is 5.86. The Balaban J connectivity index is 2.03. The number of aliphatic carboxylic acids is 1. The van der Waals surface area contributed by atoms with Crippen molar-refractivity contribution in [1.29, 1.82) is 0 Å². The van der Waals surface area contributed by atoms with Gasteiger partial charge in [0.15, 0.2) is 11.6 Å². The van der Waals surface area contributed by atoms with Crippen molar-refractivity contribution in [1.82, 2.24) is 10.6 Å². The van der Waals surface area contributed by atoms with Crippen molar-refractivity contribution >= 4 is 40.9 Å². The molecular formula is C45H78N2O12. The number of carbonyl (C=O) groups excluding carboxylic acids is 6. The van der Waals surface area contributed by atoms with Crippen LogP contribution >= 0.6 is 0 Å². The van der Waals surface area contributed by atoms with E-state index in [0.29, 0.717) is 70.2 Å². The van der Waals surface area contributed by atoms with Crippen molar-refractivity contribution in [2.75, 3.05) is 65.9 Å². The molecule has 0 saturated heterocycles. The molecule has 0 aromatic carbocycles. The molecule has 0 bridgehead atoms. The van der Waals surface area contributed by atoms with E-state index in [9.17, 15) is 38.7 Å². The first-order valence-corrected chi connectivity index (χ1v) is 22.6. The van der Waals surface area contributed by atoms with Crippen LogP contribution in [0.2, 0.25) is 0 Å². The van der Waals surface area contributed by atoms with Gasteiger partial charge in [0, 0.05) is 57.7 Å². The molecular weight excluding hydrogens is 760 g/mol. The summed E-state index contributed by atoms with van der Waals surface area (Å²) >= 11 is 0. The third-order valence-electron chi connectivity index (χ3n) is 10.7. The Labute approximate surface area is 353 Å². The second kappa shape index (κ2) is 36.8. The van der Waals surface area contributed by atoms with E-state index >= 15 is 0 Å². The van der Waals surface area contributed by atoms with E-state index in [-0.39, 0.29) is 93.9 Å². The van der Waals surface area contributed by atoms with Gasteiger partial charge >= 0.3 is 5.97 Å².